The van der Waals surface area contributed by atoms with E-state index in [0.29, 0.717) is 34.7 Å². The second kappa shape index (κ2) is 7.96. The van der Waals surface area contributed by atoms with Crippen molar-refractivity contribution in [2.75, 3.05) is 13.7 Å². The number of hydrogen-bond acceptors (Lipinski definition) is 2. The van der Waals surface area contributed by atoms with Crippen molar-refractivity contribution in [1.82, 2.24) is 0 Å². The minimum Gasteiger partial charge on any atom is -0.392 e. The molecule has 0 aromatic carbocycles. The van der Waals surface area contributed by atoms with Gasteiger partial charge in [-0.3, -0.25) is 0 Å². The van der Waals surface area contributed by atoms with Gasteiger partial charge < -0.3 is 9.84 Å². The van der Waals surface area contributed by atoms with Crippen LogP contribution in [0.2, 0.25) is 0 Å². The van der Waals surface area contributed by atoms with Gasteiger partial charge in [0.05, 0.1) is 12.7 Å². The first kappa shape index (κ1) is 25.6. The molecule has 0 saturated heterocycles. The van der Waals surface area contributed by atoms with E-state index in [1.54, 1.807) is 0 Å². The number of rotatable bonds is 2. The van der Waals surface area contributed by atoms with Crippen LogP contribution in [-0.4, -0.2) is 24.9 Å². The zero-order valence-corrected chi connectivity index (χ0v) is 24.0. The average Bonchev–Trinajstić information content (AvgIpc) is 2.76. The molecule has 0 amide bonds. The van der Waals surface area contributed by atoms with Gasteiger partial charge in [0.15, 0.2) is 0 Å². The Morgan fingerprint density at radius 3 is 2.18 bits per heavy atom. The quantitative estimate of drug-likeness (QED) is 0.441. The van der Waals surface area contributed by atoms with Gasteiger partial charge in [0.1, 0.15) is 0 Å². The summed E-state index contributed by atoms with van der Waals surface area (Å²) in [6.45, 7) is 21.4. The Morgan fingerprint density at radius 1 is 0.794 bits per heavy atom. The zero-order valence-electron chi connectivity index (χ0n) is 24.0. The Kier molecular flexibility index (Phi) is 5.98. The molecule has 5 fully saturated rings. The van der Waals surface area contributed by atoms with E-state index in [9.17, 15) is 5.11 Å². The number of aliphatic hydroxyl groups excluding tert-OH is 1. The van der Waals surface area contributed by atoms with Crippen LogP contribution >= 0.6 is 0 Å². The van der Waals surface area contributed by atoms with E-state index in [-0.39, 0.29) is 22.9 Å². The summed E-state index contributed by atoms with van der Waals surface area (Å²) in [6.07, 6.45) is 11.9. The van der Waals surface area contributed by atoms with Crippen LogP contribution in [0, 0.1) is 68.5 Å². The van der Waals surface area contributed by atoms with E-state index in [4.69, 9.17) is 4.74 Å². The molecular formula is C32H56O2. The van der Waals surface area contributed by atoms with Crippen molar-refractivity contribution < 1.29 is 9.84 Å². The lowest BCUT2D eigenvalue weighted by Gasteiger charge is -2.74. The van der Waals surface area contributed by atoms with Gasteiger partial charge in [0.25, 0.3) is 0 Å². The SMILES string of the molecule is COCC1CC(C)(C)[C@@H]2CC[C@]3(C)[C@H](CC[C@@H]4[C@@H]5[C@@H](C)[C@H](C)CC[C@]5(C)CC[C@]43C)[C@@]2(C)C1O. The highest BCUT2D eigenvalue weighted by atomic mass is 16.5. The molecule has 2 nitrogen and oxygen atoms in total. The normalized spacial score (nSPS) is 58.8. The van der Waals surface area contributed by atoms with Crippen molar-refractivity contribution in [1.29, 1.82) is 0 Å². The minimum atomic E-state index is -0.238. The number of ether oxygens (including phenoxy) is 1. The van der Waals surface area contributed by atoms with Crippen molar-refractivity contribution in [3.63, 3.8) is 0 Å². The monoisotopic (exact) mass is 472 g/mol. The molecule has 5 aliphatic rings. The number of aliphatic hydroxyl groups is 1. The molecular weight excluding hydrogens is 416 g/mol. The predicted octanol–water partition coefficient (Wildman–Crippen LogP) is 7.98. The highest BCUT2D eigenvalue weighted by molar-refractivity contribution is 5.20. The van der Waals surface area contributed by atoms with Crippen LogP contribution in [0.15, 0.2) is 0 Å². The standard InChI is InChI=1S/C32H56O2/c1-20-12-14-29(5)16-17-30(6)23(26(29)21(20)2)10-11-25-31(30,7)15-13-24-28(3,4)18-22(19-34-9)27(33)32(24,25)8/h20-27,33H,10-19H2,1-9H3/t20-,21+,22?,23-,24+,25+,26+,27?,29-,30-,31-,32+/m1/s1. The third-order valence-corrected chi connectivity index (χ3v) is 14.4. The van der Waals surface area contributed by atoms with Gasteiger partial charge in [-0.05, 0) is 115 Å². The van der Waals surface area contributed by atoms with E-state index in [0.717, 1.165) is 30.1 Å². The molecule has 2 unspecified atom stereocenters. The van der Waals surface area contributed by atoms with Crippen molar-refractivity contribution in [3.8, 4) is 0 Å². The van der Waals surface area contributed by atoms with E-state index < -0.39 is 0 Å². The molecule has 0 aliphatic heterocycles. The van der Waals surface area contributed by atoms with Crippen molar-refractivity contribution in [3.05, 3.63) is 0 Å². The van der Waals surface area contributed by atoms with E-state index in [1.807, 2.05) is 7.11 Å². The van der Waals surface area contributed by atoms with Gasteiger partial charge in [0, 0.05) is 18.4 Å². The van der Waals surface area contributed by atoms with Crippen molar-refractivity contribution in [2.45, 2.75) is 119 Å². The Bertz CT molecular complexity index is 790. The third kappa shape index (κ3) is 3.12. The van der Waals surface area contributed by atoms with E-state index in [1.165, 1.54) is 51.4 Å². The van der Waals surface area contributed by atoms with Gasteiger partial charge in [0.2, 0.25) is 0 Å². The summed E-state index contributed by atoms with van der Waals surface area (Å²) in [5.74, 6) is 4.96. The first-order valence-corrected chi connectivity index (χ1v) is 14.9. The summed E-state index contributed by atoms with van der Waals surface area (Å²) in [6, 6.07) is 0. The Labute approximate surface area is 211 Å². The molecule has 12 atom stereocenters. The van der Waals surface area contributed by atoms with Gasteiger partial charge in [-0.15, -0.1) is 0 Å². The summed E-state index contributed by atoms with van der Waals surface area (Å²) in [7, 11) is 1.82. The maximum absolute atomic E-state index is 12.0. The predicted molar refractivity (Wildman–Crippen MR) is 141 cm³/mol. The summed E-state index contributed by atoms with van der Waals surface area (Å²) in [5.41, 5.74) is 1.55. The highest BCUT2D eigenvalue weighted by Gasteiger charge is 2.71. The lowest BCUT2D eigenvalue weighted by molar-refractivity contribution is -0.277. The molecule has 0 heterocycles. The first-order valence-electron chi connectivity index (χ1n) is 14.9. The maximum atomic E-state index is 12.0. The number of hydrogen-bond donors (Lipinski definition) is 1. The summed E-state index contributed by atoms with van der Waals surface area (Å²) < 4.78 is 5.67. The fourth-order valence-corrected chi connectivity index (χ4v) is 12.4. The van der Waals surface area contributed by atoms with Crippen LogP contribution in [-0.2, 0) is 4.74 Å². The second-order valence-electron chi connectivity index (χ2n) is 15.9. The molecule has 5 rings (SSSR count). The van der Waals surface area contributed by atoms with Crippen LogP contribution in [0.25, 0.3) is 0 Å². The fraction of sp³-hybridized carbons (Fsp3) is 1.00. The lowest BCUT2D eigenvalue weighted by Crippen LogP contribution is -2.69. The van der Waals surface area contributed by atoms with Crippen molar-refractivity contribution in [2.24, 2.45) is 68.5 Å². The Hall–Kier alpha value is -0.0800. The molecule has 0 spiro atoms. The molecule has 0 radical (unpaired) electrons. The smallest absolute Gasteiger partial charge is 0.0649 e. The molecule has 1 N–H and O–H groups in total. The number of methoxy groups -OCH3 is 1. The number of fused-ring (bicyclic) bond motifs is 7. The highest BCUT2D eigenvalue weighted by Crippen LogP contribution is 2.77. The van der Waals surface area contributed by atoms with Gasteiger partial charge >= 0.3 is 0 Å². The molecule has 0 aromatic heterocycles. The molecule has 0 bridgehead atoms. The molecule has 5 saturated carbocycles. The largest absolute Gasteiger partial charge is 0.392 e. The van der Waals surface area contributed by atoms with E-state index >= 15 is 0 Å². The first-order chi connectivity index (χ1) is 15.8. The summed E-state index contributed by atoms with van der Waals surface area (Å²) in [5, 5.41) is 12.0. The van der Waals surface area contributed by atoms with Crippen LogP contribution < -0.4 is 0 Å². The maximum Gasteiger partial charge on any atom is 0.0649 e. The Balaban J connectivity index is 1.56. The average molecular weight is 473 g/mol. The third-order valence-electron chi connectivity index (χ3n) is 14.4. The molecule has 2 heteroatoms. The Morgan fingerprint density at radius 2 is 1.50 bits per heavy atom. The second-order valence-corrected chi connectivity index (χ2v) is 15.9. The fourth-order valence-electron chi connectivity index (χ4n) is 12.4. The van der Waals surface area contributed by atoms with Gasteiger partial charge in [-0.1, -0.05) is 55.4 Å². The van der Waals surface area contributed by atoms with Crippen LogP contribution in [0.3, 0.4) is 0 Å². The van der Waals surface area contributed by atoms with Gasteiger partial charge in [-0.2, -0.15) is 0 Å². The van der Waals surface area contributed by atoms with Gasteiger partial charge in [-0.25, -0.2) is 0 Å². The zero-order chi connectivity index (χ0) is 24.9. The molecule has 5 aliphatic carbocycles. The van der Waals surface area contributed by atoms with Crippen molar-refractivity contribution >= 4 is 0 Å². The van der Waals surface area contributed by atoms with Crippen LogP contribution in [0.4, 0.5) is 0 Å². The summed E-state index contributed by atoms with van der Waals surface area (Å²) >= 11 is 0. The molecule has 34 heavy (non-hydrogen) atoms. The molecule has 0 aromatic rings. The topological polar surface area (TPSA) is 29.5 Å². The van der Waals surface area contributed by atoms with Crippen LogP contribution in [0.1, 0.15) is 113 Å². The molecule has 196 valence electrons. The van der Waals surface area contributed by atoms with Crippen LogP contribution in [0.5, 0.6) is 0 Å². The summed E-state index contributed by atoms with van der Waals surface area (Å²) in [4.78, 5) is 0. The van der Waals surface area contributed by atoms with E-state index in [2.05, 4.69) is 55.4 Å². The lowest BCUT2D eigenvalue weighted by atomic mass is 9.30. The minimum absolute atomic E-state index is 0.00184.